The summed E-state index contributed by atoms with van der Waals surface area (Å²) in [6, 6.07) is 0. The molecule has 1 aliphatic heterocycles. The zero-order valence-corrected chi connectivity index (χ0v) is 9.20. The lowest BCUT2D eigenvalue weighted by molar-refractivity contribution is -0.308. The molecule has 5 atom stereocenters. The molecule has 0 aromatic carbocycles. The van der Waals surface area contributed by atoms with Gasteiger partial charge in [0.1, 0.15) is 18.3 Å². The van der Waals surface area contributed by atoms with E-state index in [-0.39, 0.29) is 0 Å². The molecule has 1 saturated heterocycles. The van der Waals surface area contributed by atoms with E-state index < -0.39 is 46.0 Å². The molecular formula is C7H14O8S. The van der Waals surface area contributed by atoms with Gasteiger partial charge in [-0.1, -0.05) is 0 Å². The van der Waals surface area contributed by atoms with Gasteiger partial charge in [-0.05, 0) is 0 Å². The molecule has 5 N–H and O–H groups in total. The highest BCUT2D eigenvalue weighted by Crippen LogP contribution is 2.31. The number of aliphatic hydroxyl groups is 5. The zero-order chi connectivity index (χ0) is 12.7. The summed E-state index contributed by atoms with van der Waals surface area (Å²) >= 11 is 0. The summed E-state index contributed by atoms with van der Waals surface area (Å²) in [5.74, 6) is 0. The molecule has 16 heavy (non-hydrogen) atoms. The van der Waals surface area contributed by atoms with Crippen molar-refractivity contribution in [3.05, 3.63) is 0 Å². The van der Waals surface area contributed by atoms with Gasteiger partial charge in [0.05, 0.1) is 6.61 Å². The third-order valence-corrected chi connectivity index (χ3v) is 3.86. The van der Waals surface area contributed by atoms with Crippen molar-refractivity contribution < 1.29 is 38.7 Å². The van der Waals surface area contributed by atoms with Crippen molar-refractivity contribution in [1.82, 2.24) is 0 Å². The number of hydrogen-bond donors (Lipinski definition) is 5. The Hall–Kier alpha value is -0.290. The van der Waals surface area contributed by atoms with Gasteiger partial charge in [-0.15, -0.1) is 0 Å². The summed E-state index contributed by atoms with van der Waals surface area (Å²) in [6.45, 7) is -0.817. The summed E-state index contributed by atoms with van der Waals surface area (Å²) in [6.07, 6.45) is -6.76. The van der Waals surface area contributed by atoms with Crippen molar-refractivity contribution in [3.8, 4) is 0 Å². The molecule has 9 heteroatoms. The summed E-state index contributed by atoms with van der Waals surface area (Å²) in [7, 11) is -4.27. The van der Waals surface area contributed by atoms with Crippen LogP contribution in [0, 0.1) is 0 Å². The Labute approximate surface area is 91.6 Å². The Bertz CT molecular complexity index is 351. The molecule has 0 unspecified atom stereocenters. The van der Waals surface area contributed by atoms with Gasteiger partial charge in [0, 0.05) is 6.26 Å². The monoisotopic (exact) mass is 258 g/mol. The molecule has 1 fully saturated rings. The summed E-state index contributed by atoms with van der Waals surface area (Å²) in [5.41, 5.74) is 0. The van der Waals surface area contributed by atoms with Crippen LogP contribution in [-0.4, -0.2) is 76.3 Å². The maximum atomic E-state index is 11.2. The first kappa shape index (κ1) is 13.8. The first-order chi connectivity index (χ1) is 7.15. The molecule has 1 aliphatic rings. The normalized spacial score (nSPS) is 45.6. The minimum absolute atomic E-state index is 0.592. The van der Waals surface area contributed by atoms with E-state index in [1.165, 1.54) is 0 Å². The van der Waals surface area contributed by atoms with Crippen LogP contribution in [0.1, 0.15) is 0 Å². The molecule has 8 nitrogen and oxygen atoms in total. The van der Waals surface area contributed by atoms with Crippen LogP contribution in [0.3, 0.4) is 0 Å². The number of rotatable bonds is 2. The van der Waals surface area contributed by atoms with Gasteiger partial charge in [-0.25, -0.2) is 8.42 Å². The highest BCUT2D eigenvalue weighted by atomic mass is 32.2. The quantitative estimate of drug-likeness (QED) is 0.338. The molecule has 1 heterocycles. The van der Waals surface area contributed by atoms with Gasteiger partial charge in [0.2, 0.25) is 9.84 Å². The van der Waals surface area contributed by atoms with E-state index >= 15 is 0 Å². The maximum absolute atomic E-state index is 11.2. The first-order valence-corrected chi connectivity index (χ1v) is 6.29. The van der Waals surface area contributed by atoms with Gasteiger partial charge in [-0.2, -0.15) is 0 Å². The Kier molecular flexibility index (Phi) is 3.60. The molecule has 0 aliphatic carbocycles. The first-order valence-electron chi connectivity index (χ1n) is 4.40. The van der Waals surface area contributed by atoms with E-state index in [0.29, 0.717) is 6.26 Å². The molecule has 96 valence electrons. The average molecular weight is 258 g/mol. The van der Waals surface area contributed by atoms with Crippen molar-refractivity contribution in [2.24, 2.45) is 0 Å². The van der Waals surface area contributed by atoms with Crippen LogP contribution in [0.25, 0.3) is 0 Å². The third kappa shape index (κ3) is 1.95. The van der Waals surface area contributed by atoms with Crippen LogP contribution < -0.4 is 0 Å². The SMILES string of the molecule is CS(=O)(=O)[C@@]1(O)O[C@H](CO)[C@@H](O)[C@H](O)[C@@H]1O. The van der Waals surface area contributed by atoms with Gasteiger partial charge in [0.15, 0.2) is 6.10 Å². The zero-order valence-electron chi connectivity index (χ0n) is 8.39. The molecule has 0 bridgehead atoms. The molecule has 0 spiro atoms. The van der Waals surface area contributed by atoms with E-state index in [1.54, 1.807) is 0 Å². The third-order valence-electron chi connectivity index (χ3n) is 2.46. The number of ether oxygens (including phenoxy) is 1. The number of hydrogen-bond acceptors (Lipinski definition) is 8. The fourth-order valence-electron chi connectivity index (χ4n) is 1.43. The molecule has 0 radical (unpaired) electrons. The number of sulfone groups is 1. The summed E-state index contributed by atoms with van der Waals surface area (Å²) in [5, 5.41) is 43.4. The van der Waals surface area contributed by atoms with Gasteiger partial charge in [-0.3, -0.25) is 0 Å². The Balaban J connectivity index is 3.14. The number of aliphatic hydroxyl groups excluding tert-OH is 4. The van der Waals surface area contributed by atoms with Gasteiger partial charge < -0.3 is 30.3 Å². The lowest BCUT2D eigenvalue weighted by Gasteiger charge is -2.43. The largest absolute Gasteiger partial charge is 0.394 e. The average Bonchev–Trinajstić information content (AvgIpc) is 2.19. The minimum atomic E-state index is -4.27. The fraction of sp³-hybridized carbons (Fsp3) is 1.00. The molecule has 0 amide bonds. The summed E-state index contributed by atoms with van der Waals surface area (Å²) < 4.78 is 27.0. The molecular weight excluding hydrogens is 244 g/mol. The van der Waals surface area contributed by atoms with E-state index in [1.807, 2.05) is 0 Å². The standard InChI is InChI=1S/C7H14O8S/c1-16(13,14)7(12)6(11)5(10)4(9)3(2-8)15-7/h3-6,8-12H,2H2,1H3/t3-,4-,5+,6+,7+/m1/s1. The molecule has 1 rings (SSSR count). The molecule has 0 aromatic heterocycles. The second kappa shape index (κ2) is 4.18. The van der Waals surface area contributed by atoms with Crippen molar-refractivity contribution in [3.63, 3.8) is 0 Å². The van der Waals surface area contributed by atoms with Crippen LogP contribution in [0.15, 0.2) is 0 Å². The van der Waals surface area contributed by atoms with Crippen LogP contribution >= 0.6 is 0 Å². The second-order valence-corrected chi connectivity index (χ2v) is 5.80. The van der Waals surface area contributed by atoms with E-state index in [2.05, 4.69) is 4.74 Å². The fourth-order valence-corrected chi connectivity index (χ4v) is 2.31. The van der Waals surface area contributed by atoms with Crippen LogP contribution in [0.5, 0.6) is 0 Å². The van der Waals surface area contributed by atoms with E-state index in [4.69, 9.17) is 5.11 Å². The minimum Gasteiger partial charge on any atom is -0.394 e. The van der Waals surface area contributed by atoms with Crippen LogP contribution in [0.4, 0.5) is 0 Å². The van der Waals surface area contributed by atoms with Crippen molar-refractivity contribution in [1.29, 1.82) is 0 Å². The van der Waals surface area contributed by atoms with Crippen molar-refractivity contribution in [2.75, 3.05) is 12.9 Å². The van der Waals surface area contributed by atoms with Crippen LogP contribution in [0.2, 0.25) is 0 Å². The summed E-state index contributed by atoms with van der Waals surface area (Å²) in [4.78, 5) is 0. The lowest BCUT2D eigenvalue weighted by Crippen LogP contribution is -2.67. The van der Waals surface area contributed by atoms with E-state index in [9.17, 15) is 28.8 Å². The lowest BCUT2D eigenvalue weighted by atomic mass is 9.99. The predicted octanol–water partition coefficient (Wildman–Crippen LogP) is -3.85. The molecule has 0 aromatic rings. The van der Waals surface area contributed by atoms with Crippen LogP contribution in [-0.2, 0) is 14.6 Å². The second-order valence-electron chi connectivity index (χ2n) is 3.67. The van der Waals surface area contributed by atoms with Crippen molar-refractivity contribution >= 4 is 9.84 Å². The Morgan fingerprint density at radius 1 is 1.25 bits per heavy atom. The topological polar surface area (TPSA) is 145 Å². The van der Waals surface area contributed by atoms with Crippen molar-refractivity contribution in [2.45, 2.75) is 29.5 Å². The molecule has 0 saturated carbocycles. The Morgan fingerprint density at radius 3 is 2.12 bits per heavy atom. The smallest absolute Gasteiger partial charge is 0.301 e. The highest BCUT2D eigenvalue weighted by Gasteiger charge is 2.58. The maximum Gasteiger partial charge on any atom is 0.301 e. The highest BCUT2D eigenvalue weighted by molar-refractivity contribution is 7.91. The predicted molar refractivity (Wildman–Crippen MR) is 49.8 cm³/mol. The van der Waals surface area contributed by atoms with Gasteiger partial charge in [0.25, 0.3) is 0 Å². The van der Waals surface area contributed by atoms with Gasteiger partial charge >= 0.3 is 5.12 Å². The van der Waals surface area contributed by atoms with E-state index in [0.717, 1.165) is 0 Å². The Morgan fingerprint density at radius 2 is 1.75 bits per heavy atom.